The number of halogens is 1. The molecule has 0 unspecified atom stereocenters. The first-order valence-electron chi connectivity index (χ1n) is 4.55. The van der Waals surface area contributed by atoms with Gasteiger partial charge < -0.3 is 4.74 Å². The minimum Gasteiger partial charge on any atom is -0.376 e. The van der Waals surface area contributed by atoms with Crippen molar-refractivity contribution in [1.82, 2.24) is 0 Å². The van der Waals surface area contributed by atoms with Crippen LogP contribution in [0.5, 0.6) is 0 Å². The highest BCUT2D eigenvalue weighted by Gasteiger charge is 2.38. The lowest BCUT2D eigenvalue weighted by Gasteiger charge is -2.39. The summed E-state index contributed by atoms with van der Waals surface area (Å²) < 4.78 is 5.53. The van der Waals surface area contributed by atoms with Gasteiger partial charge in [0.2, 0.25) is 0 Å². The molecule has 1 saturated carbocycles. The molecule has 0 N–H and O–H groups in total. The zero-order chi connectivity index (χ0) is 9.03. The van der Waals surface area contributed by atoms with Gasteiger partial charge in [-0.3, -0.25) is 0 Å². The topological polar surface area (TPSA) is 9.23 Å². The van der Waals surface area contributed by atoms with E-state index in [1.165, 1.54) is 12.8 Å². The van der Waals surface area contributed by atoms with Crippen LogP contribution < -0.4 is 0 Å². The van der Waals surface area contributed by atoms with Crippen LogP contribution in [0, 0.1) is 0 Å². The van der Waals surface area contributed by atoms with Gasteiger partial charge in [0.05, 0.1) is 11.0 Å². The van der Waals surface area contributed by atoms with Crippen LogP contribution in [0.4, 0.5) is 0 Å². The van der Waals surface area contributed by atoms with E-state index in [0.29, 0.717) is 0 Å². The van der Waals surface area contributed by atoms with Gasteiger partial charge in [-0.2, -0.15) is 0 Å². The van der Waals surface area contributed by atoms with Crippen molar-refractivity contribution >= 4 is 11.6 Å². The van der Waals surface area contributed by atoms with Crippen LogP contribution in [0.25, 0.3) is 0 Å². The van der Waals surface area contributed by atoms with E-state index in [9.17, 15) is 0 Å². The molecule has 0 aromatic heterocycles. The molecule has 0 aromatic rings. The predicted molar refractivity (Wildman–Crippen MR) is 52.7 cm³/mol. The Balaban J connectivity index is 2.65. The van der Waals surface area contributed by atoms with Crippen LogP contribution in [-0.2, 0) is 4.74 Å². The molecule has 2 heteroatoms. The molecule has 1 aliphatic carbocycles. The Kier molecular flexibility index (Phi) is 3.60. The average Bonchev–Trinajstić information content (AvgIpc) is 2.10. The second kappa shape index (κ2) is 4.29. The van der Waals surface area contributed by atoms with Gasteiger partial charge in [-0.15, -0.1) is 18.2 Å². The first-order chi connectivity index (χ1) is 5.75. The van der Waals surface area contributed by atoms with Crippen molar-refractivity contribution in [3.63, 3.8) is 0 Å². The summed E-state index contributed by atoms with van der Waals surface area (Å²) in [6.07, 6.45) is 7.39. The quantitative estimate of drug-likeness (QED) is 0.489. The number of alkyl halides is 1. The molecule has 0 aliphatic heterocycles. The third-order valence-electron chi connectivity index (χ3n) is 2.77. The molecular weight excluding hydrogens is 172 g/mol. The van der Waals surface area contributed by atoms with Gasteiger partial charge >= 0.3 is 0 Å². The zero-order valence-electron chi connectivity index (χ0n) is 7.68. The lowest BCUT2D eigenvalue weighted by atomic mass is 9.82. The molecule has 1 nitrogen and oxygen atoms in total. The Morgan fingerprint density at radius 1 is 1.67 bits per heavy atom. The van der Waals surface area contributed by atoms with Gasteiger partial charge in [-0.25, -0.2) is 0 Å². The molecule has 1 fully saturated rings. The summed E-state index contributed by atoms with van der Waals surface area (Å²) in [6.45, 7) is 3.74. The second-order valence-corrected chi connectivity index (χ2v) is 4.00. The van der Waals surface area contributed by atoms with E-state index in [1.807, 2.05) is 6.08 Å². The fourth-order valence-corrected chi connectivity index (χ4v) is 2.40. The number of hydrogen-bond donors (Lipinski definition) is 0. The molecule has 0 aromatic carbocycles. The summed E-state index contributed by atoms with van der Waals surface area (Å²) in [5, 5.41) is 0.161. The van der Waals surface area contributed by atoms with Gasteiger partial charge in [-0.1, -0.05) is 18.9 Å². The summed E-state index contributed by atoms with van der Waals surface area (Å²) in [5.74, 6) is 0. The smallest absolute Gasteiger partial charge is 0.0875 e. The summed E-state index contributed by atoms with van der Waals surface area (Å²) in [7, 11) is 1.75. The fraction of sp³-hybridized carbons (Fsp3) is 0.800. The maximum atomic E-state index is 6.25. The molecule has 0 spiro atoms. The molecule has 1 aliphatic rings. The summed E-state index contributed by atoms with van der Waals surface area (Å²) in [4.78, 5) is 0. The molecule has 0 amide bonds. The Morgan fingerprint density at radius 3 is 2.92 bits per heavy atom. The maximum absolute atomic E-state index is 6.25. The van der Waals surface area contributed by atoms with E-state index >= 15 is 0 Å². The van der Waals surface area contributed by atoms with Gasteiger partial charge in [-0.05, 0) is 19.3 Å². The second-order valence-electron chi connectivity index (χ2n) is 3.48. The van der Waals surface area contributed by atoms with Crippen LogP contribution >= 0.6 is 11.6 Å². The van der Waals surface area contributed by atoms with Crippen LogP contribution in [0.3, 0.4) is 0 Å². The minimum absolute atomic E-state index is 0.123. The van der Waals surface area contributed by atoms with Crippen LogP contribution in [0.1, 0.15) is 32.1 Å². The molecule has 0 bridgehead atoms. The van der Waals surface area contributed by atoms with Crippen molar-refractivity contribution in [3.8, 4) is 0 Å². The van der Waals surface area contributed by atoms with Crippen LogP contribution in [-0.4, -0.2) is 18.1 Å². The highest BCUT2D eigenvalue weighted by molar-refractivity contribution is 6.21. The molecule has 2 atom stereocenters. The first-order valence-corrected chi connectivity index (χ1v) is 4.99. The maximum Gasteiger partial charge on any atom is 0.0875 e. The lowest BCUT2D eigenvalue weighted by Crippen LogP contribution is -2.43. The summed E-state index contributed by atoms with van der Waals surface area (Å²) in [5.41, 5.74) is -0.123. The van der Waals surface area contributed by atoms with Crippen molar-refractivity contribution in [2.75, 3.05) is 7.11 Å². The number of hydrogen-bond acceptors (Lipinski definition) is 1. The highest BCUT2D eigenvalue weighted by Crippen LogP contribution is 2.37. The molecule has 0 saturated heterocycles. The number of ether oxygens (including phenoxy) is 1. The Bertz CT molecular complexity index is 158. The molecule has 70 valence electrons. The molecule has 12 heavy (non-hydrogen) atoms. The van der Waals surface area contributed by atoms with E-state index in [-0.39, 0.29) is 11.0 Å². The SMILES string of the molecule is C=CC[C@]1(OC)CCCC[C@@H]1Cl. The third-order valence-corrected chi connectivity index (χ3v) is 3.39. The van der Waals surface area contributed by atoms with Crippen molar-refractivity contribution in [3.05, 3.63) is 12.7 Å². The van der Waals surface area contributed by atoms with Crippen LogP contribution in [0.15, 0.2) is 12.7 Å². The largest absolute Gasteiger partial charge is 0.376 e. The number of methoxy groups -OCH3 is 1. The Hall–Kier alpha value is -0.0100. The highest BCUT2D eigenvalue weighted by atomic mass is 35.5. The Labute approximate surface area is 79.7 Å². The van der Waals surface area contributed by atoms with Crippen molar-refractivity contribution in [1.29, 1.82) is 0 Å². The zero-order valence-corrected chi connectivity index (χ0v) is 8.44. The average molecular weight is 189 g/mol. The normalized spacial score (nSPS) is 36.3. The predicted octanol–water partition coefficient (Wildman–Crippen LogP) is 3.13. The number of rotatable bonds is 3. The van der Waals surface area contributed by atoms with E-state index in [2.05, 4.69) is 6.58 Å². The minimum atomic E-state index is -0.123. The Morgan fingerprint density at radius 2 is 2.42 bits per heavy atom. The van der Waals surface area contributed by atoms with E-state index in [4.69, 9.17) is 16.3 Å². The lowest BCUT2D eigenvalue weighted by molar-refractivity contribution is -0.0327. The van der Waals surface area contributed by atoms with Gasteiger partial charge in [0.1, 0.15) is 0 Å². The van der Waals surface area contributed by atoms with Crippen LogP contribution in [0.2, 0.25) is 0 Å². The first kappa shape index (κ1) is 10.1. The van der Waals surface area contributed by atoms with Gasteiger partial charge in [0.15, 0.2) is 0 Å². The van der Waals surface area contributed by atoms with E-state index in [0.717, 1.165) is 19.3 Å². The van der Waals surface area contributed by atoms with Gasteiger partial charge in [0, 0.05) is 7.11 Å². The van der Waals surface area contributed by atoms with Crippen molar-refractivity contribution < 1.29 is 4.74 Å². The van der Waals surface area contributed by atoms with E-state index in [1.54, 1.807) is 7.11 Å². The molecule has 0 radical (unpaired) electrons. The fourth-order valence-electron chi connectivity index (χ4n) is 1.95. The van der Waals surface area contributed by atoms with E-state index < -0.39 is 0 Å². The molecule has 1 rings (SSSR count). The summed E-state index contributed by atoms with van der Waals surface area (Å²) in [6, 6.07) is 0. The molecule has 0 heterocycles. The van der Waals surface area contributed by atoms with Crippen molar-refractivity contribution in [2.45, 2.75) is 43.1 Å². The molecular formula is C10H17ClO. The van der Waals surface area contributed by atoms with Crippen molar-refractivity contribution in [2.24, 2.45) is 0 Å². The monoisotopic (exact) mass is 188 g/mol. The standard InChI is InChI=1S/C10H17ClO/c1-3-7-10(12-2)8-5-4-6-9(10)11/h3,9H,1,4-8H2,2H3/t9-,10-/m0/s1. The van der Waals surface area contributed by atoms with Gasteiger partial charge in [0.25, 0.3) is 0 Å². The third kappa shape index (κ3) is 1.83. The summed E-state index contributed by atoms with van der Waals surface area (Å²) >= 11 is 6.25.